The average molecular weight is 209 g/mol. The van der Waals surface area contributed by atoms with Gasteiger partial charge in [-0.05, 0) is 25.3 Å². The predicted molar refractivity (Wildman–Crippen MR) is 58.7 cm³/mol. The van der Waals surface area contributed by atoms with Crippen molar-refractivity contribution >= 4 is 0 Å². The van der Waals surface area contributed by atoms with E-state index in [0.717, 1.165) is 32.7 Å². The quantitative estimate of drug-likeness (QED) is 0.805. The van der Waals surface area contributed by atoms with Crippen molar-refractivity contribution in [2.75, 3.05) is 19.8 Å². The van der Waals surface area contributed by atoms with Gasteiger partial charge in [-0.15, -0.1) is 0 Å². The lowest BCUT2D eigenvalue weighted by Crippen LogP contribution is -2.32. The smallest absolute Gasteiger partial charge is 0.0534 e. The van der Waals surface area contributed by atoms with Crippen molar-refractivity contribution in [3.8, 4) is 0 Å². The van der Waals surface area contributed by atoms with Gasteiger partial charge in [-0.2, -0.15) is 5.10 Å². The normalized spacial score (nSPS) is 22.5. The SMILES string of the molecule is c1cnn(CCNC2CCCOCC2)c1. The molecule has 15 heavy (non-hydrogen) atoms. The summed E-state index contributed by atoms with van der Waals surface area (Å²) in [5, 5.41) is 7.73. The van der Waals surface area contributed by atoms with Crippen molar-refractivity contribution in [1.82, 2.24) is 15.1 Å². The van der Waals surface area contributed by atoms with Crippen LogP contribution in [0.5, 0.6) is 0 Å². The van der Waals surface area contributed by atoms with Gasteiger partial charge in [0.15, 0.2) is 0 Å². The monoisotopic (exact) mass is 209 g/mol. The van der Waals surface area contributed by atoms with Gasteiger partial charge in [0.2, 0.25) is 0 Å². The minimum atomic E-state index is 0.628. The van der Waals surface area contributed by atoms with E-state index in [-0.39, 0.29) is 0 Å². The van der Waals surface area contributed by atoms with Crippen molar-refractivity contribution in [3.63, 3.8) is 0 Å². The first-order chi connectivity index (χ1) is 7.45. The standard InChI is InChI=1S/C11H19N3O/c1-3-11(4-10-15-9-1)12-6-8-14-7-2-5-13-14/h2,5,7,11-12H,1,3-4,6,8-10H2. The highest BCUT2D eigenvalue weighted by molar-refractivity contribution is 4.78. The Morgan fingerprint density at radius 1 is 1.40 bits per heavy atom. The Labute approximate surface area is 90.6 Å². The van der Waals surface area contributed by atoms with Crippen LogP contribution in [-0.2, 0) is 11.3 Å². The molecular formula is C11H19N3O. The van der Waals surface area contributed by atoms with Gasteiger partial charge in [-0.25, -0.2) is 0 Å². The summed E-state index contributed by atoms with van der Waals surface area (Å²) in [4.78, 5) is 0. The van der Waals surface area contributed by atoms with Crippen molar-refractivity contribution in [3.05, 3.63) is 18.5 Å². The number of nitrogens with one attached hydrogen (secondary N) is 1. The van der Waals surface area contributed by atoms with Gasteiger partial charge < -0.3 is 10.1 Å². The van der Waals surface area contributed by atoms with Crippen molar-refractivity contribution in [1.29, 1.82) is 0 Å². The summed E-state index contributed by atoms with van der Waals surface area (Å²) in [7, 11) is 0. The molecule has 0 amide bonds. The highest BCUT2D eigenvalue weighted by Gasteiger charge is 2.10. The van der Waals surface area contributed by atoms with E-state index >= 15 is 0 Å². The molecule has 1 saturated heterocycles. The van der Waals surface area contributed by atoms with E-state index in [2.05, 4.69) is 10.4 Å². The zero-order valence-corrected chi connectivity index (χ0v) is 9.06. The molecule has 4 nitrogen and oxygen atoms in total. The molecule has 1 aliphatic rings. The van der Waals surface area contributed by atoms with E-state index in [4.69, 9.17) is 4.74 Å². The van der Waals surface area contributed by atoms with E-state index in [1.165, 1.54) is 12.8 Å². The summed E-state index contributed by atoms with van der Waals surface area (Å²) in [5.41, 5.74) is 0. The van der Waals surface area contributed by atoms with Gasteiger partial charge in [-0.3, -0.25) is 4.68 Å². The molecule has 1 fully saturated rings. The van der Waals surface area contributed by atoms with Gasteiger partial charge in [0, 0.05) is 38.2 Å². The van der Waals surface area contributed by atoms with Crippen LogP contribution in [0.3, 0.4) is 0 Å². The molecule has 2 heterocycles. The fourth-order valence-electron chi connectivity index (χ4n) is 1.92. The maximum atomic E-state index is 5.42. The maximum absolute atomic E-state index is 5.42. The first kappa shape index (κ1) is 10.6. The molecule has 1 N–H and O–H groups in total. The summed E-state index contributed by atoms with van der Waals surface area (Å²) in [6.45, 7) is 3.77. The molecule has 0 bridgehead atoms. The predicted octanol–water partition coefficient (Wildman–Crippen LogP) is 1.04. The van der Waals surface area contributed by atoms with Crippen LogP contribution in [-0.4, -0.2) is 35.6 Å². The summed E-state index contributed by atoms with van der Waals surface area (Å²) in [5.74, 6) is 0. The van der Waals surface area contributed by atoms with E-state index in [1.807, 2.05) is 23.1 Å². The van der Waals surface area contributed by atoms with Gasteiger partial charge in [-0.1, -0.05) is 0 Å². The Morgan fingerprint density at radius 2 is 2.40 bits per heavy atom. The summed E-state index contributed by atoms with van der Waals surface area (Å²) >= 11 is 0. The highest BCUT2D eigenvalue weighted by Crippen LogP contribution is 2.07. The van der Waals surface area contributed by atoms with Crippen LogP contribution in [0.2, 0.25) is 0 Å². The number of nitrogens with zero attached hydrogens (tertiary/aromatic N) is 2. The Kier molecular flexibility index (Phi) is 4.17. The summed E-state index contributed by atoms with van der Waals surface area (Å²) in [6, 6.07) is 2.59. The molecule has 0 aliphatic carbocycles. The lowest BCUT2D eigenvalue weighted by Gasteiger charge is -2.15. The van der Waals surface area contributed by atoms with E-state index in [1.54, 1.807) is 0 Å². The van der Waals surface area contributed by atoms with Crippen LogP contribution in [0.15, 0.2) is 18.5 Å². The van der Waals surface area contributed by atoms with E-state index in [0.29, 0.717) is 6.04 Å². The zero-order chi connectivity index (χ0) is 10.3. The second kappa shape index (κ2) is 5.88. The fraction of sp³-hybridized carbons (Fsp3) is 0.727. The van der Waals surface area contributed by atoms with Crippen LogP contribution in [0.4, 0.5) is 0 Å². The maximum Gasteiger partial charge on any atom is 0.0534 e. The molecule has 1 aromatic heterocycles. The van der Waals surface area contributed by atoms with Crippen molar-refractivity contribution in [2.24, 2.45) is 0 Å². The first-order valence-corrected chi connectivity index (χ1v) is 5.74. The first-order valence-electron chi connectivity index (χ1n) is 5.74. The molecule has 1 unspecified atom stereocenters. The van der Waals surface area contributed by atoms with Crippen LogP contribution in [0.1, 0.15) is 19.3 Å². The third-order valence-corrected chi connectivity index (χ3v) is 2.79. The second-order valence-electron chi connectivity index (χ2n) is 3.96. The number of aromatic nitrogens is 2. The molecule has 0 spiro atoms. The molecule has 1 aliphatic heterocycles. The molecule has 0 radical (unpaired) electrons. The Hall–Kier alpha value is -0.870. The molecule has 1 atom stereocenters. The third kappa shape index (κ3) is 3.64. The lowest BCUT2D eigenvalue weighted by atomic mass is 10.1. The number of rotatable bonds is 4. The summed E-state index contributed by atoms with van der Waals surface area (Å²) in [6.07, 6.45) is 7.37. The Balaban J connectivity index is 1.64. The molecule has 4 heteroatoms. The van der Waals surface area contributed by atoms with Gasteiger partial charge >= 0.3 is 0 Å². The Morgan fingerprint density at radius 3 is 3.27 bits per heavy atom. The second-order valence-corrected chi connectivity index (χ2v) is 3.96. The molecule has 0 aromatic carbocycles. The van der Waals surface area contributed by atoms with Crippen LogP contribution >= 0.6 is 0 Å². The number of ether oxygens (including phenoxy) is 1. The van der Waals surface area contributed by atoms with Gasteiger partial charge in [0.25, 0.3) is 0 Å². The molecule has 1 aromatic rings. The fourth-order valence-corrected chi connectivity index (χ4v) is 1.92. The zero-order valence-electron chi connectivity index (χ0n) is 9.06. The Bertz CT molecular complexity index is 253. The lowest BCUT2D eigenvalue weighted by molar-refractivity contribution is 0.142. The largest absolute Gasteiger partial charge is 0.381 e. The minimum Gasteiger partial charge on any atom is -0.381 e. The average Bonchev–Trinajstić information content (AvgIpc) is 2.62. The van der Waals surface area contributed by atoms with E-state index < -0.39 is 0 Å². The highest BCUT2D eigenvalue weighted by atomic mass is 16.5. The number of hydrogen-bond acceptors (Lipinski definition) is 3. The van der Waals surface area contributed by atoms with Crippen LogP contribution in [0.25, 0.3) is 0 Å². The summed E-state index contributed by atoms with van der Waals surface area (Å²) < 4.78 is 7.38. The molecule has 0 saturated carbocycles. The minimum absolute atomic E-state index is 0.628. The van der Waals surface area contributed by atoms with E-state index in [9.17, 15) is 0 Å². The van der Waals surface area contributed by atoms with Crippen LogP contribution < -0.4 is 5.32 Å². The van der Waals surface area contributed by atoms with Crippen molar-refractivity contribution in [2.45, 2.75) is 31.8 Å². The topological polar surface area (TPSA) is 39.1 Å². The molecule has 84 valence electrons. The molecular weight excluding hydrogens is 190 g/mol. The van der Waals surface area contributed by atoms with Gasteiger partial charge in [0.1, 0.15) is 0 Å². The van der Waals surface area contributed by atoms with Crippen molar-refractivity contribution < 1.29 is 4.74 Å². The third-order valence-electron chi connectivity index (χ3n) is 2.79. The molecule has 2 rings (SSSR count). The van der Waals surface area contributed by atoms with Gasteiger partial charge in [0.05, 0.1) is 6.54 Å². The van der Waals surface area contributed by atoms with Crippen LogP contribution in [0, 0.1) is 0 Å². The number of hydrogen-bond donors (Lipinski definition) is 1.